The summed E-state index contributed by atoms with van der Waals surface area (Å²) in [6.45, 7) is 1.72. The Labute approximate surface area is 102 Å². The highest BCUT2D eigenvalue weighted by Gasteiger charge is 2.17. The van der Waals surface area contributed by atoms with Gasteiger partial charge in [-0.1, -0.05) is 19.3 Å². The maximum atomic E-state index is 11.5. The molecule has 2 N–H and O–H groups in total. The molecule has 1 unspecified atom stereocenters. The van der Waals surface area contributed by atoms with Crippen LogP contribution in [0.4, 0.5) is 0 Å². The predicted molar refractivity (Wildman–Crippen MR) is 66.7 cm³/mol. The second-order valence-electron chi connectivity index (χ2n) is 5.01. The van der Waals surface area contributed by atoms with Gasteiger partial charge in [-0.05, 0) is 25.8 Å². The van der Waals surface area contributed by atoms with E-state index in [0.29, 0.717) is 12.5 Å². The summed E-state index contributed by atoms with van der Waals surface area (Å²) in [6, 6.07) is 2.08. The van der Waals surface area contributed by atoms with Crippen LogP contribution in [0.1, 0.15) is 50.8 Å². The second-order valence-corrected chi connectivity index (χ2v) is 5.01. The van der Waals surface area contributed by atoms with Crippen LogP contribution < -0.4 is 5.73 Å². The van der Waals surface area contributed by atoms with E-state index in [-0.39, 0.29) is 5.78 Å². The molecular weight excluding hydrogens is 214 g/mol. The van der Waals surface area contributed by atoms with Gasteiger partial charge in [0.15, 0.2) is 5.78 Å². The van der Waals surface area contributed by atoms with Crippen molar-refractivity contribution in [2.24, 2.45) is 5.73 Å². The summed E-state index contributed by atoms with van der Waals surface area (Å²) in [4.78, 5) is 11.5. The lowest BCUT2D eigenvalue weighted by Gasteiger charge is -2.21. The van der Waals surface area contributed by atoms with Gasteiger partial charge in [-0.3, -0.25) is 9.48 Å². The lowest BCUT2D eigenvalue weighted by Crippen LogP contribution is -2.28. The number of nitrogens with zero attached hydrogens (tertiary/aromatic N) is 2. The highest BCUT2D eigenvalue weighted by atomic mass is 16.1. The largest absolute Gasteiger partial charge is 0.322 e. The van der Waals surface area contributed by atoms with Crippen molar-refractivity contribution in [1.82, 2.24) is 9.78 Å². The molecule has 17 heavy (non-hydrogen) atoms. The molecule has 0 aliphatic heterocycles. The topological polar surface area (TPSA) is 60.9 Å². The van der Waals surface area contributed by atoms with Crippen molar-refractivity contribution in [3.8, 4) is 0 Å². The smallest absolute Gasteiger partial charge is 0.155 e. The van der Waals surface area contributed by atoms with Crippen LogP contribution in [0.25, 0.3) is 0 Å². The lowest BCUT2D eigenvalue weighted by atomic mass is 9.96. The highest BCUT2D eigenvalue weighted by Crippen LogP contribution is 2.27. The third kappa shape index (κ3) is 3.16. The van der Waals surface area contributed by atoms with Crippen molar-refractivity contribution in [2.45, 2.75) is 57.5 Å². The van der Waals surface area contributed by atoms with E-state index in [2.05, 4.69) is 5.10 Å². The Hall–Kier alpha value is -1.16. The summed E-state index contributed by atoms with van der Waals surface area (Å²) in [5.74, 6) is 0.0545. The average molecular weight is 235 g/mol. The number of hydrogen-bond acceptors (Lipinski definition) is 3. The van der Waals surface area contributed by atoms with E-state index >= 15 is 0 Å². The van der Waals surface area contributed by atoms with Crippen LogP contribution in [-0.4, -0.2) is 21.6 Å². The number of aromatic nitrogens is 2. The summed E-state index contributed by atoms with van der Waals surface area (Å²) in [5.41, 5.74) is 6.39. The molecule has 1 aromatic rings. The zero-order valence-corrected chi connectivity index (χ0v) is 10.4. The van der Waals surface area contributed by atoms with E-state index in [1.165, 1.54) is 32.1 Å². The number of ketones is 1. The average Bonchev–Trinajstić information content (AvgIpc) is 2.78. The van der Waals surface area contributed by atoms with Crippen LogP contribution in [0.15, 0.2) is 12.3 Å². The molecule has 1 aliphatic rings. The minimum Gasteiger partial charge on any atom is -0.322 e. The summed E-state index contributed by atoms with van der Waals surface area (Å²) < 4.78 is 2.03. The fourth-order valence-corrected chi connectivity index (χ4v) is 2.36. The van der Waals surface area contributed by atoms with Gasteiger partial charge in [-0.2, -0.15) is 5.10 Å². The molecule has 1 fully saturated rings. The quantitative estimate of drug-likeness (QED) is 0.866. The number of carbonyl (C=O) groups excluding carboxylic acids is 1. The Bertz CT molecular complexity index is 378. The van der Waals surface area contributed by atoms with Gasteiger partial charge < -0.3 is 5.73 Å². The second kappa shape index (κ2) is 5.45. The van der Waals surface area contributed by atoms with E-state index in [1.54, 1.807) is 6.92 Å². The van der Waals surface area contributed by atoms with Crippen LogP contribution in [0, 0.1) is 0 Å². The van der Waals surface area contributed by atoms with Gasteiger partial charge in [0, 0.05) is 6.20 Å². The summed E-state index contributed by atoms with van der Waals surface area (Å²) in [5, 5.41) is 4.50. The van der Waals surface area contributed by atoms with Gasteiger partial charge in [0.25, 0.3) is 0 Å². The lowest BCUT2D eigenvalue weighted by molar-refractivity contribution is -0.119. The Balaban J connectivity index is 1.97. The molecule has 94 valence electrons. The molecule has 0 aromatic carbocycles. The van der Waals surface area contributed by atoms with E-state index in [9.17, 15) is 4.79 Å². The van der Waals surface area contributed by atoms with Crippen molar-refractivity contribution in [2.75, 3.05) is 0 Å². The fourth-order valence-electron chi connectivity index (χ4n) is 2.36. The van der Waals surface area contributed by atoms with Crippen LogP contribution in [-0.2, 0) is 11.2 Å². The molecule has 1 aromatic heterocycles. The molecular formula is C13H21N3O. The van der Waals surface area contributed by atoms with Crippen molar-refractivity contribution in [1.29, 1.82) is 0 Å². The number of Topliss-reactive ketones (excluding diaryl/α,β-unsaturated/α-hetero) is 1. The predicted octanol–water partition coefficient (Wildman–Crippen LogP) is 1.85. The molecule has 0 spiro atoms. The Morgan fingerprint density at radius 2 is 2.24 bits per heavy atom. The standard InChI is InChI=1S/C13H21N3O/c1-10(14)13(17)9-11-7-8-16(15-11)12-5-3-2-4-6-12/h7-8,10,12H,2-6,9,14H2,1H3. The van der Waals surface area contributed by atoms with Crippen molar-refractivity contribution in [3.05, 3.63) is 18.0 Å². The Kier molecular flexibility index (Phi) is 3.94. The SMILES string of the molecule is CC(N)C(=O)Cc1ccn(C2CCCCC2)n1. The molecule has 1 heterocycles. The summed E-state index contributed by atoms with van der Waals surface area (Å²) in [7, 11) is 0. The maximum absolute atomic E-state index is 11.5. The zero-order valence-electron chi connectivity index (χ0n) is 10.4. The van der Waals surface area contributed by atoms with Gasteiger partial charge >= 0.3 is 0 Å². The molecule has 4 heteroatoms. The van der Waals surface area contributed by atoms with Crippen molar-refractivity contribution in [3.63, 3.8) is 0 Å². The molecule has 4 nitrogen and oxygen atoms in total. The monoisotopic (exact) mass is 235 g/mol. The third-order valence-electron chi connectivity index (χ3n) is 3.48. The summed E-state index contributed by atoms with van der Waals surface area (Å²) in [6.07, 6.45) is 8.70. The molecule has 1 aliphatic carbocycles. The van der Waals surface area contributed by atoms with Gasteiger partial charge in [0.2, 0.25) is 0 Å². The van der Waals surface area contributed by atoms with Crippen molar-refractivity contribution >= 4 is 5.78 Å². The molecule has 0 radical (unpaired) electrons. The normalized spacial score (nSPS) is 19.2. The van der Waals surface area contributed by atoms with E-state index < -0.39 is 6.04 Å². The number of hydrogen-bond donors (Lipinski definition) is 1. The highest BCUT2D eigenvalue weighted by molar-refractivity contribution is 5.85. The first-order valence-electron chi connectivity index (χ1n) is 6.49. The Morgan fingerprint density at radius 1 is 1.53 bits per heavy atom. The van der Waals surface area contributed by atoms with E-state index in [1.807, 2.05) is 16.9 Å². The fraction of sp³-hybridized carbons (Fsp3) is 0.692. The summed E-state index contributed by atoms with van der Waals surface area (Å²) >= 11 is 0. The van der Waals surface area contributed by atoms with Crippen LogP contribution in [0.2, 0.25) is 0 Å². The van der Waals surface area contributed by atoms with Crippen LogP contribution in [0.3, 0.4) is 0 Å². The molecule has 0 saturated heterocycles. The maximum Gasteiger partial charge on any atom is 0.155 e. The molecule has 0 amide bonds. The van der Waals surface area contributed by atoms with Crippen LogP contribution in [0.5, 0.6) is 0 Å². The molecule has 1 saturated carbocycles. The zero-order chi connectivity index (χ0) is 12.3. The number of rotatable bonds is 4. The van der Waals surface area contributed by atoms with Crippen molar-refractivity contribution < 1.29 is 4.79 Å². The number of nitrogens with two attached hydrogens (primary N) is 1. The molecule has 1 atom stereocenters. The Morgan fingerprint density at radius 3 is 2.88 bits per heavy atom. The van der Waals surface area contributed by atoms with Gasteiger partial charge in [-0.25, -0.2) is 0 Å². The minimum atomic E-state index is -0.394. The number of carbonyl (C=O) groups is 1. The van der Waals surface area contributed by atoms with E-state index in [4.69, 9.17) is 5.73 Å². The van der Waals surface area contributed by atoms with Gasteiger partial charge in [0.1, 0.15) is 0 Å². The van der Waals surface area contributed by atoms with E-state index in [0.717, 1.165) is 5.69 Å². The molecule has 2 rings (SSSR count). The van der Waals surface area contributed by atoms with Gasteiger partial charge in [0.05, 0.1) is 24.2 Å². The minimum absolute atomic E-state index is 0.0545. The first-order valence-corrected chi connectivity index (χ1v) is 6.49. The van der Waals surface area contributed by atoms with Crippen LogP contribution >= 0.6 is 0 Å². The third-order valence-corrected chi connectivity index (χ3v) is 3.48. The van der Waals surface area contributed by atoms with Gasteiger partial charge in [-0.15, -0.1) is 0 Å². The molecule has 0 bridgehead atoms. The first kappa shape index (κ1) is 12.3. The first-order chi connectivity index (χ1) is 8.16.